The molecule has 0 aliphatic carbocycles. The maximum Gasteiger partial charge on any atom is 0.266 e. The van der Waals surface area contributed by atoms with Crippen LogP contribution in [0.3, 0.4) is 0 Å². The minimum atomic E-state index is -0.847. The number of benzene rings is 3. The fourth-order valence-corrected chi connectivity index (χ4v) is 4.43. The Morgan fingerprint density at radius 1 is 0.742 bits per heavy atom. The number of rotatable bonds is 3. The summed E-state index contributed by atoms with van der Waals surface area (Å²) >= 11 is 0. The van der Waals surface area contributed by atoms with Gasteiger partial charge in [-0.2, -0.15) is 0 Å². The highest BCUT2D eigenvalue weighted by atomic mass is 16.7. The molecule has 0 unspecified atom stereocenters. The largest absolute Gasteiger partial charge is 0.273 e. The predicted octanol–water partition coefficient (Wildman–Crippen LogP) is 4.66. The van der Waals surface area contributed by atoms with Crippen molar-refractivity contribution >= 4 is 23.2 Å². The number of para-hydroxylation sites is 1. The zero-order valence-corrected chi connectivity index (χ0v) is 17.8. The molecule has 2 heterocycles. The quantitative estimate of drug-likeness (QED) is 0.587. The normalized spacial score (nSPS) is 22.9. The lowest BCUT2D eigenvalue weighted by molar-refractivity contribution is -0.126. The van der Waals surface area contributed by atoms with Crippen LogP contribution in [-0.4, -0.2) is 17.9 Å². The van der Waals surface area contributed by atoms with Crippen molar-refractivity contribution in [1.29, 1.82) is 0 Å². The Morgan fingerprint density at radius 2 is 1.45 bits per heavy atom. The van der Waals surface area contributed by atoms with E-state index in [1.54, 1.807) is 5.06 Å². The summed E-state index contributed by atoms with van der Waals surface area (Å²) in [4.78, 5) is 34.5. The Bertz CT molecular complexity index is 1160. The van der Waals surface area contributed by atoms with Gasteiger partial charge in [0, 0.05) is 0 Å². The second kappa shape index (κ2) is 7.36. The average molecular weight is 412 g/mol. The minimum Gasteiger partial charge on any atom is -0.273 e. The molecule has 156 valence electrons. The van der Waals surface area contributed by atoms with E-state index in [0.717, 1.165) is 27.9 Å². The van der Waals surface area contributed by atoms with Gasteiger partial charge in [0.25, 0.3) is 5.91 Å². The van der Waals surface area contributed by atoms with Crippen LogP contribution in [0.15, 0.2) is 72.8 Å². The number of fused-ring (bicyclic) bond motifs is 1. The number of hydrogen-bond donors (Lipinski definition) is 0. The fraction of sp³-hybridized carbons (Fsp3) is 0.231. The van der Waals surface area contributed by atoms with Crippen LogP contribution in [-0.2, 0) is 14.4 Å². The van der Waals surface area contributed by atoms with Crippen LogP contribution in [0.4, 0.5) is 11.4 Å². The number of hydrogen-bond acceptors (Lipinski definition) is 4. The standard InChI is InChI=1S/C26H24N2O3/c1-16-9-12-19(13-10-16)23-22-24(31-28(23)20-7-5-4-6-8-20)26(30)27(25(22)29)21-14-11-17(2)18(3)15-21/h4-15,22-24H,1-3H3/t22-,23-,24-/m0/s1. The highest BCUT2D eigenvalue weighted by Gasteiger charge is 2.60. The van der Waals surface area contributed by atoms with Gasteiger partial charge in [-0.25, -0.2) is 9.96 Å². The van der Waals surface area contributed by atoms with Gasteiger partial charge in [-0.05, 0) is 61.7 Å². The number of aryl methyl sites for hydroxylation is 3. The Hall–Kier alpha value is -3.44. The molecule has 5 heteroatoms. The second-order valence-corrected chi connectivity index (χ2v) is 8.35. The maximum absolute atomic E-state index is 13.6. The van der Waals surface area contributed by atoms with Crippen molar-refractivity contribution in [2.75, 3.05) is 9.96 Å². The van der Waals surface area contributed by atoms with Gasteiger partial charge in [0.15, 0.2) is 6.10 Å². The van der Waals surface area contributed by atoms with Crippen molar-refractivity contribution in [2.24, 2.45) is 5.92 Å². The lowest BCUT2D eigenvalue weighted by atomic mass is 9.90. The molecular formula is C26H24N2O3. The van der Waals surface area contributed by atoms with E-state index in [-0.39, 0.29) is 17.9 Å². The van der Waals surface area contributed by atoms with E-state index in [1.165, 1.54) is 4.90 Å². The first kappa shape index (κ1) is 19.5. The molecule has 2 aliphatic rings. The summed E-state index contributed by atoms with van der Waals surface area (Å²) in [6.45, 7) is 6.02. The van der Waals surface area contributed by atoms with Gasteiger partial charge in [-0.1, -0.05) is 54.1 Å². The molecule has 3 aromatic rings. The summed E-state index contributed by atoms with van der Waals surface area (Å²) in [7, 11) is 0. The molecule has 0 bridgehead atoms. The highest BCUT2D eigenvalue weighted by Crippen LogP contribution is 2.47. The smallest absolute Gasteiger partial charge is 0.266 e. The van der Waals surface area contributed by atoms with Gasteiger partial charge in [0.05, 0.1) is 17.4 Å². The topological polar surface area (TPSA) is 49.9 Å². The van der Waals surface area contributed by atoms with Crippen LogP contribution in [0, 0.1) is 26.7 Å². The zero-order chi connectivity index (χ0) is 21.7. The molecule has 3 aromatic carbocycles. The summed E-state index contributed by atoms with van der Waals surface area (Å²) in [6, 6.07) is 23.0. The van der Waals surface area contributed by atoms with E-state index >= 15 is 0 Å². The zero-order valence-electron chi connectivity index (χ0n) is 17.8. The van der Waals surface area contributed by atoms with E-state index in [9.17, 15) is 9.59 Å². The van der Waals surface area contributed by atoms with Crippen LogP contribution in [0.1, 0.15) is 28.3 Å². The number of carbonyl (C=O) groups is 2. The molecule has 3 atom stereocenters. The number of carbonyl (C=O) groups excluding carboxylic acids is 2. The van der Waals surface area contributed by atoms with Crippen LogP contribution < -0.4 is 9.96 Å². The van der Waals surface area contributed by atoms with Crippen LogP contribution in [0.25, 0.3) is 0 Å². The van der Waals surface area contributed by atoms with E-state index < -0.39 is 12.0 Å². The molecule has 2 fully saturated rings. The first-order chi connectivity index (χ1) is 15.0. The molecule has 2 saturated heterocycles. The first-order valence-electron chi connectivity index (χ1n) is 10.5. The van der Waals surface area contributed by atoms with Crippen molar-refractivity contribution in [1.82, 2.24) is 0 Å². The molecule has 5 rings (SSSR count). The van der Waals surface area contributed by atoms with Crippen molar-refractivity contribution in [3.05, 3.63) is 95.1 Å². The van der Waals surface area contributed by atoms with Gasteiger partial charge in [0.1, 0.15) is 5.92 Å². The molecule has 2 amide bonds. The third-order valence-corrected chi connectivity index (χ3v) is 6.29. The molecule has 5 nitrogen and oxygen atoms in total. The number of amides is 2. The van der Waals surface area contributed by atoms with Gasteiger partial charge in [-0.3, -0.25) is 14.4 Å². The summed E-state index contributed by atoms with van der Waals surface area (Å²) in [6.07, 6.45) is -0.847. The van der Waals surface area contributed by atoms with Gasteiger partial charge in [-0.15, -0.1) is 0 Å². The number of anilines is 2. The Kier molecular flexibility index (Phi) is 4.63. The summed E-state index contributed by atoms with van der Waals surface area (Å²) in [5.74, 6) is -1.15. The molecule has 0 saturated carbocycles. The van der Waals surface area contributed by atoms with E-state index in [4.69, 9.17) is 4.84 Å². The molecule has 2 aliphatic heterocycles. The lowest BCUT2D eigenvalue weighted by Crippen LogP contribution is -2.37. The van der Waals surface area contributed by atoms with Crippen molar-refractivity contribution < 1.29 is 14.4 Å². The van der Waals surface area contributed by atoms with Crippen molar-refractivity contribution in [3.63, 3.8) is 0 Å². The highest BCUT2D eigenvalue weighted by molar-refractivity contribution is 6.24. The number of nitrogens with zero attached hydrogens (tertiary/aromatic N) is 2. The van der Waals surface area contributed by atoms with Gasteiger partial charge < -0.3 is 0 Å². The van der Waals surface area contributed by atoms with Gasteiger partial charge in [0.2, 0.25) is 5.91 Å². The number of hydroxylamine groups is 1. The molecule has 0 aromatic heterocycles. The Morgan fingerprint density at radius 3 is 2.13 bits per heavy atom. The predicted molar refractivity (Wildman–Crippen MR) is 120 cm³/mol. The molecular weight excluding hydrogens is 388 g/mol. The third-order valence-electron chi connectivity index (χ3n) is 6.29. The monoisotopic (exact) mass is 412 g/mol. The van der Waals surface area contributed by atoms with Gasteiger partial charge >= 0.3 is 0 Å². The molecule has 0 N–H and O–H groups in total. The molecule has 0 spiro atoms. The van der Waals surface area contributed by atoms with E-state index in [0.29, 0.717) is 5.69 Å². The van der Waals surface area contributed by atoms with E-state index in [1.807, 2.05) is 93.6 Å². The Balaban J connectivity index is 1.58. The molecule has 31 heavy (non-hydrogen) atoms. The SMILES string of the molecule is Cc1ccc([C@H]2[C@@H]3C(=O)N(c4ccc(C)c(C)c4)C(=O)[C@H]3ON2c2ccccc2)cc1. The first-order valence-corrected chi connectivity index (χ1v) is 10.5. The summed E-state index contributed by atoms with van der Waals surface area (Å²) in [5.41, 5.74) is 5.66. The fourth-order valence-electron chi connectivity index (χ4n) is 4.43. The van der Waals surface area contributed by atoms with Crippen molar-refractivity contribution in [2.45, 2.75) is 32.9 Å². The maximum atomic E-state index is 13.6. The van der Waals surface area contributed by atoms with Crippen LogP contribution in [0.2, 0.25) is 0 Å². The Labute approximate surface area is 181 Å². The minimum absolute atomic E-state index is 0.220. The number of imide groups is 1. The molecule has 0 radical (unpaired) electrons. The third kappa shape index (κ3) is 3.13. The average Bonchev–Trinajstić information content (AvgIpc) is 3.28. The van der Waals surface area contributed by atoms with Crippen LogP contribution in [0.5, 0.6) is 0 Å². The lowest BCUT2D eigenvalue weighted by Gasteiger charge is -2.29. The summed E-state index contributed by atoms with van der Waals surface area (Å²) in [5, 5.41) is 1.73. The summed E-state index contributed by atoms with van der Waals surface area (Å²) < 4.78 is 0. The van der Waals surface area contributed by atoms with Crippen LogP contribution >= 0.6 is 0 Å². The van der Waals surface area contributed by atoms with E-state index in [2.05, 4.69) is 0 Å². The van der Waals surface area contributed by atoms with Crippen molar-refractivity contribution in [3.8, 4) is 0 Å². The second-order valence-electron chi connectivity index (χ2n) is 8.35.